The number of aryl methyl sites for hydroxylation is 1. The second kappa shape index (κ2) is 5.46. The van der Waals surface area contributed by atoms with Crippen molar-refractivity contribution in [3.8, 4) is 0 Å². The third-order valence-electron chi connectivity index (χ3n) is 3.41. The maximum Gasteiger partial charge on any atom is 0.416 e. The van der Waals surface area contributed by atoms with Crippen LogP contribution in [0.2, 0.25) is 0 Å². The summed E-state index contributed by atoms with van der Waals surface area (Å²) in [4.78, 5) is 12.2. The Kier molecular flexibility index (Phi) is 3.60. The zero-order chi connectivity index (χ0) is 16.6. The van der Waals surface area contributed by atoms with Crippen LogP contribution in [0.3, 0.4) is 0 Å². The summed E-state index contributed by atoms with van der Waals surface area (Å²) < 4.78 is 43.5. The molecule has 6 heteroatoms. The van der Waals surface area contributed by atoms with Crippen LogP contribution < -0.4 is 5.32 Å². The fourth-order valence-corrected chi connectivity index (χ4v) is 2.29. The molecule has 0 spiro atoms. The number of anilines is 1. The molecule has 3 rings (SSSR count). The van der Waals surface area contributed by atoms with Gasteiger partial charge in [-0.15, -0.1) is 0 Å². The lowest BCUT2D eigenvalue weighted by Gasteiger charge is -2.09. The fraction of sp³-hybridized carbons (Fsp3) is 0.118. The minimum absolute atomic E-state index is 0.0479. The molecule has 1 heterocycles. The first-order valence-electron chi connectivity index (χ1n) is 6.82. The van der Waals surface area contributed by atoms with Gasteiger partial charge in [-0.05, 0) is 36.8 Å². The van der Waals surface area contributed by atoms with E-state index in [1.165, 1.54) is 12.1 Å². The third-order valence-corrected chi connectivity index (χ3v) is 3.41. The molecular weight excluding hydrogens is 307 g/mol. The number of nitrogens with one attached hydrogen (secondary N) is 1. The van der Waals surface area contributed by atoms with Gasteiger partial charge in [0.1, 0.15) is 5.58 Å². The van der Waals surface area contributed by atoms with Crippen molar-refractivity contribution >= 4 is 22.6 Å². The molecule has 0 aliphatic carbocycles. The van der Waals surface area contributed by atoms with E-state index in [0.717, 1.165) is 23.1 Å². The van der Waals surface area contributed by atoms with Crippen molar-refractivity contribution in [2.75, 3.05) is 5.32 Å². The summed E-state index contributed by atoms with van der Waals surface area (Å²) in [6, 6.07) is 11.5. The average molecular weight is 319 g/mol. The van der Waals surface area contributed by atoms with Crippen LogP contribution in [-0.2, 0) is 6.18 Å². The number of furan rings is 1. The van der Waals surface area contributed by atoms with Gasteiger partial charge in [-0.1, -0.05) is 24.3 Å². The molecule has 3 aromatic rings. The molecule has 118 valence electrons. The summed E-state index contributed by atoms with van der Waals surface area (Å²) in [7, 11) is 0. The molecule has 1 amide bonds. The Bertz CT molecular complexity index is 881. The van der Waals surface area contributed by atoms with E-state index >= 15 is 0 Å². The van der Waals surface area contributed by atoms with Gasteiger partial charge in [-0.3, -0.25) is 4.79 Å². The van der Waals surface area contributed by atoms with E-state index in [1.807, 2.05) is 19.1 Å². The molecule has 0 aliphatic heterocycles. The van der Waals surface area contributed by atoms with E-state index in [9.17, 15) is 18.0 Å². The van der Waals surface area contributed by atoms with Crippen molar-refractivity contribution in [1.82, 2.24) is 0 Å². The molecular formula is C17H12F3NO2. The lowest BCUT2D eigenvalue weighted by atomic mass is 10.2. The number of hydrogen-bond acceptors (Lipinski definition) is 2. The van der Waals surface area contributed by atoms with Crippen LogP contribution >= 0.6 is 0 Å². The van der Waals surface area contributed by atoms with Gasteiger partial charge in [0.25, 0.3) is 5.91 Å². The van der Waals surface area contributed by atoms with E-state index in [2.05, 4.69) is 5.32 Å². The number of hydrogen-bond donors (Lipinski definition) is 1. The maximum absolute atomic E-state index is 12.7. The van der Waals surface area contributed by atoms with Crippen LogP contribution in [-0.4, -0.2) is 5.91 Å². The van der Waals surface area contributed by atoms with Gasteiger partial charge in [0.2, 0.25) is 0 Å². The number of amides is 1. The maximum atomic E-state index is 12.7. The van der Waals surface area contributed by atoms with Crippen LogP contribution in [0.1, 0.15) is 21.7 Å². The lowest BCUT2D eigenvalue weighted by Crippen LogP contribution is -2.12. The van der Waals surface area contributed by atoms with E-state index in [-0.39, 0.29) is 11.4 Å². The summed E-state index contributed by atoms with van der Waals surface area (Å²) in [5, 5.41) is 3.18. The first-order chi connectivity index (χ1) is 10.8. The predicted molar refractivity (Wildman–Crippen MR) is 80.3 cm³/mol. The topological polar surface area (TPSA) is 42.2 Å². The summed E-state index contributed by atoms with van der Waals surface area (Å²) in [6.45, 7) is 1.85. The number of carbonyl (C=O) groups excluding carboxylic acids is 1. The Labute approximate surface area is 129 Å². The molecule has 0 saturated heterocycles. The standard InChI is InChI=1S/C17H12F3NO2/c1-10-4-2-5-11-8-14(23-15(10)11)16(22)21-13-7-3-6-12(9-13)17(18,19)20/h2-9H,1H3,(H,21,22). The first-order valence-corrected chi connectivity index (χ1v) is 6.82. The number of rotatable bonds is 2. The Balaban J connectivity index is 1.87. The van der Waals surface area contributed by atoms with Gasteiger partial charge in [0.15, 0.2) is 5.76 Å². The minimum Gasteiger partial charge on any atom is -0.451 e. The Morgan fingerprint density at radius 3 is 2.52 bits per heavy atom. The smallest absolute Gasteiger partial charge is 0.416 e. The fourth-order valence-electron chi connectivity index (χ4n) is 2.29. The summed E-state index contributed by atoms with van der Waals surface area (Å²) in [6.07, 6.45) is -4.46. The predicted octanol–water partition coefficient (Wildman–Crippen LogP) is 5.01. The number of halogens is 3. The van der Waals surface area contributed by atoms with Crippen molar-refractivity contribution in [2.24, 2.45) is 0 Å². The average Bonchev–Trinajstić information content (AvgIpc) is 2.92. The molecule has 3 nitrogen and oxygen atoms in total. The summed E-state index contributed by atoms with van der Waals surface area (Å²) in [5.74, 6) is -0.549. The highest BCUT2D eigenvalue weighted by Gasteiger charge is 2.30. The Morgan fingerprint density at radius 2 is 1.83 bits per heavy atom. The third kappa shape index (κ3) is 3.06. The quantitative estimate of drug-likeness (QED) is 0.721. The van der Waals surface area contributed by atoms with Crippen LogP contribution in [0.15, 0.2) is 52.9 Å². The van der Waals surface area contributed by atoms with E-state index in [4.69, 9.17) is 4.42 Å². The number of benzene rings is 2. The first kappa shape index (κ1) is 15.1. The lowest BCUT2D eigenvalue weighted by molar-refractivity contribution is -0.137. The van der Waals surface area contributed by atoms with Crippen LogP contribution in [0.5, 0.6) is 0 Å². The summed E-state index contributed by atoms with van der Waals surface area (Å²) >= 11 is 0. The highest BCUT2D eigenvalue weighted by molar-refractivity contribution is 6.04. The Morgan fingerprint density at radius 1 is 1.09 bits per heavy atom. The largest absolute Gasteiger partial charge is 0.451 e. The van der Waals surface area contributed by atoms with Crippen molar-refractivity contribution in [1.29, 1.82) is 0 Å². The monoisotopic (exact) mass is 319 g/mol. The molecule has 0 unspecified atom stereocenters. The number of alkyl halides is 3. The van der Waals surface area contributed by atoms with Crippen molar-refractivity contribution in [3.63, 3.8) is 0 Å². The minimum atomic E-state index is -4.46. The van der Waals surface area contributed by atoms with Gasteiger partial charge < -0.3 is 9.73 Å². The molecule has 0 fully saturated rings. The highest BCUT2D eigenvalue weighted by Crippen LogP contribution is 2.31. The molecule has 0 radical (unpaired) electrons. The molecule has 0 saturated carbocycles. The van der Waals surface area contributed by atoms with Gasteiger partial charge in [0, 0.05) is 11.1 Å². The summed E-state index contributed by atoms with van der Waals surface area (Å²) in [5.41, 5.74) is 0.695. The van der Waals surface area contributed by atoms with E-state index < -0.39 is 17.6 Å². The van der Waals surface area contributed by atoms with Gasteiger partial charge >= 0.3 is 6.18 Å². The normalized spacial score (nSPS) is 11.7. The van der Waals surface area contributed by atoms with Crippen LogP contribution in [0, 0.1) is 6.92 Å². The van der Waals surface area contributed by atoms with Gasteiger partial charge in [-0.2, -0.15) is 13.2 Å². The molecule has 1 aromatic heterocycles. The van der Waals surface area contributed by atoms with Crippen molar-refractivity contribution in [3.05, 3.63) is 65.4 Å². The molecule has 1 N–H and O–H groups in total. The number of para-hydroxylation sites is 1. The highest BCUT2D eigenvalue weighted by atomic mass is 19.4. The van der Waals surface area contributed by atoms with Crippen LogP contribution in [0.4, 0.5) is 18.9 Å². The van der Waals surface area contributed by atoms with Crippen LogP contribution in [0.25, 0.3) is 11.0 Å². The number of fused-ring (bicyclic) bond motifs is 1. The van der Waals surface area contributed by atoms with Crippen molar-refractivity contribution < 1.29 is 22.4 Å². The van der Waals surface area contributed by atoms with E-state index in [0.29, 0.717) is 5.58 Å². The van der Waals surface area contributed by atoms with E-state index in [1.54, 1.807) is 12.1 Å². The molecule has 2 aromatic carbocycles. The molecule has 0 bridgehead atoms. The molecule has 0 aliphatic rings. The second-order valence-electron chi connectivity index (χ2n) is 5.14. The van der Waals surface area contributed by atoms with Crippen molar-refractivity contribution in [2.45, 2.75) is 13.1 Å². The number of carbonyl (C=O) groups is 1. The zero-order valence-corrected chi connectivity index (χ0v) is 12.1. The zero-order valence-electron chi connectivity index (χ0n) is 12.1. The van der Waals surface area contributed by atoms with Gasteiger partial charge in [-0.25, -0.2) is 0 Å². The molecule has 0 atom stereocenters. The van der Waals surface area contributed by atoms with Gasteiger partial charge in [0.05, 0.1) is 5.56 Å². The SMILES string of the molecule is Cc1cccc2cc(C(=O)Nc3cccc(C(F)(F)F)c3)oc12. The molecule has 23 heavy (non-hydrogen) atoms. The Hall–Kier alpha value is -2.76. The second-order valence-corrected chi connectivity index (χ2v) is 5.14.